The number of piperazine rings is 1. The van der Waals surface area contributed by atoms with Gasteiger partial charge in [0.1, 0.15) is 17.5 Å². The van der Waals surface area contributed by atoms with Gasteiger partial charge in [-0.1, -0.05) is 23.7 Å². The van der Waals surface area contributed by atoms with E-state index in [1.807, 2.05) is 0 Å². The highest BCUT2D eigenvalue weighted by Gasteiger charge is 2.37. The first kappa shape index (κ1) is 18.3. The van der Waals surface area contributed by atoms with Gasteiger partial charge in [0.05, 0.1) is 10.5 Å². The van der Waals surface area contributed by atoms with Gasteiger partial charge in [0.15, 0.2) is 11.9 Å². The van der Waals surface area contributed by atoms with Crippen LogP contribution in [-0.4, -0.2) is 40.3 Å². The number of aromatic nitrogens is 2. The zero-order chi connectivity index (χ0) is 19.0. The van der Waals surface area contributed by atoms with E-state index in [1.54, 1.807) is 18.2 Å². The molecular weight excluding hydrogens is 397 g/mol. The van der Waals surface area contributed by atoms with E-state index in [-0.39, 0.29) is 28.1 Å². The van der Waals surface area contributed by atoms with Crippen LogP contribution >= 0.6 is 23.2 Å². The summed E-state index contributed by atoms with van der Waals surface area (Å²) in [6, 6.07) is 5.10. The number of nitrogens with two attached hydrogens (primary N) is 1. The minimum atomic E-state index is -0.706. The van der Waals surface area contributed by atoms with Crippen LogP contribution in [0, 0.1) is 0 Å². The van der Waals surface area contributed by atoms with Crippen LogP contribution in [0.25, 0.3) is 11.3 Å². The van der Waals surface area contributed by atoms with E-state index in [2.05, 4.69) is 26.1 Å². The predicted molar refractivity (Wildman–Crippen MR) is 97.1 cm³/mol. The van der Waals surface area contributed by atoms with Crippen LogP contribution in [0.15, 0.2) is 30.6 Å². The molecule has 3 atom stereocenters. The number of anilines is 1. The third-order valence-electron chi connectivity index (χ3n) is 4.00. The Kier molecular flexibility index (Phi) is 5.10. The normalized spacial score (nSPS) is 25.1. The Morgan fingerprint density at radius 1 is 1.33 bits per heavy atom. The summed E-state index contributed by atoms with van der Waals surface area (Å²) in [4.78, 5) is 31.0. The monoisotopic (exact) mass is 411 g/mol. The minimum Gasteiger partial charge on any atom is -0.364 e. The third kappa shape index (κ3) is 3.56. The molecule has 2 fully saturated rings. The van der Waals surface area contributed by atoms with Crippen molar-refractivity contribution in [1.29, 1.82) is 0 Å². The van der Waals surface area contributed by atoms with Gasteiger partial charge in [0.2, 0.25) is 0 Å². The molecule has 1 aromatic carbocycles. The van der Waals surface area contributed by atoms with Crippen molar-refractivity contribution in [3.8, 4) is 11.3 Å². The lowest BCUT2D eigenvalue weighted by molar-refractivity contribution is -0.244. The lowest BCUT2D eigenvalue weighted by Crippen LogP contribution is -2.70. The van der Waals surface area contributed by atoms with E-state index in [0.29, 0.717) is 17.8 Å². The molecule has 2 aliphatic rings. The number of carbonyl (C=O) groups is 1. The standard InChI is InChI=1S/C15H15Cl2N7O3/c16-9-6-21-15-14(22-9)23-27-24(26-15)8-3-1-2-7(10(8)17)11-12(13(18)25)20-5-4-19-11/h1-5,9,14-15,21-23H,6H2,(H2,18,25). The summed E-state index contributed by atoms with van der Waals surface area (Å²) in [5.41, 5.74) is 9.07. The molecule has 0 radical (unpaired) electrons. The van der Waals surface area contributed by atoms with Crippen LogP contribution in [0.3, 0.4) is 0 Å². The topological polar surface area (TPSA) is 127 Å². The molecule has 1 aromatic heterocycles. The maximum absolute atomic E-state index is 11.7. The van der Waals surface area contributed by atoms with Gasteiger partial charge in [0.25, 0.3) is 5.91 Å². The second-order valence-electron chi connectivity index (χ2n) is 5.77. The number of hydrogen-bond donors (Lipinski definition) is 4. The van der Waals surface area contributed by atoms with E-state index in [0.717, 1.165) is 5.23 Å². The number of carbonyl (C=O) groups excluding carboxylic acids is 1. The lowest BCUT2D eigenvalue weighted by Gasteiger charge is -2.42. The number of hydroxylamine groups is 1. The number of hydrogen-bond acceptors (Lipinski definition) is 9. The first-order valence-electron chi connectivity index (χ1n) is 7.97. The predicted octanol–water partition coefficient (Wildman–Crippen LogP) is 0.494. The molecule has 10 nitrogen and oxygen atoms in total. The second-order valence-corrected chi connectivity index (χ2v) is 6.67. The van der Waals surface area contributed by atoms with Crippen molar-refractivity contribution in [3.05, 3.63) is 41.3 Å². The van der Waals surface area contributed by atoms with Crippen molar-refractivity contribution in [2.24, 2.45) is 5.73 Å². The number of nitrogens with zero attached hydrogens (tertiary/aromatic N) is 3. The molecule has 3 unspecified atom stereocenters. The Labute approximate surface area is 163 Å². The fourth-order valence-corrected chi connectivity index (χ4v) is 3.28. The van der Waals surface area contributed by atoms with E-state index < -0.39 is 12.1 Å². The number of benzene rings is 1. The number of fused-ring (bicyclic) bond motifs is 1. The first-order chi connectivity index (χ1) is 13.0. The maximum Gasteiger partial charge on any atom is 0.269 e. The zero-order valence-electron chi connectivity index (χ0n) is 13.7. The van der Waals surface area contributed by atoms with Gasteiger partial charge in [0, 0.05) is 24.5 Å². The number of amides is 1. The SMILES string of the molecule is NC(=O)c1nccnc1-c1cccc(N2ONC3NC(Cl)CNC3O2)c1Cl. The molecule has 2 aliphatic heterocycles. The smallest absolute Gasteiger partial charge is 0.269 e. The molecule has 12 heteroatoms. The molecule has 5 N–H and O–H groups in total. The summed E-state index contributed by atoms with van der Waals surface area (Å²) in [5.74, 6) is -0.706. The van der Waals surface area contributed by atoms with Crippen LogP contribution in [0.5, 0.6) is 0 Å². The molecule has 0 bridgehead atoms. The van der Waals surface area contributed by atoms with E-state index in [1.165, 1.54) is 12.4 Å². The van der Waals surface area contributed by atoms with Crippen molar-refractivity contribution in [2.45, 2.75) is 17.9 Å². The Bertz CT molecular complexity index is 871. The summed E-state index contributed by atoms with van der Waals surface area (Å²) in [5, 5.41) is 7.59. The van der Waals surface area contributed by atoms with Gasteiger partial charge in [-0.05, 0) is 6.07 Å². The molecule has 2 saturated heterocycles. The molecule has 27 heavy (non-hydrogen) atoms. The van der Waals surface area contributed by atoms with Gasteiger partial charge < -0.3 is 5.73 Å². The van der Waals surface area contributed by atoms with Crippen LogP contribution in [-0.2, 0) is 9.78 Å². The molecule has 2 aromatic rings. The first-order valence-corrected chi connectivity index (χ1v) is 8.78. The lowest BCUT2D eigenvalue weighted by atomic mass is 10.1. The molecule has 1 amide bonds. The summed E-state index contributed by atoms with van der Waals surface area (Å²) in [6.07, 6.45) is 2.05. The van der Waals surface area contributed by atoms with E-state index in [4.69, 9.17) is 38.7 Å². The van der Waals surface area contributed by atoms with Gasteiger partial charge in [-0.25, -0.2) is 9.82 Å². The van der Waals surface area contributed by atoms with Crippen molar-refractivity contribution < 1.29 is 14.6 Å². The summed E-state index contributed by atoms with van der Waals surface area (Å²) in [6.45, 7) is 0.508. The molecule has 0 aliphatic carbocycles. The molecule has 0 saturated carbocycles. The Morgan fingerprint density at radius 3 is 2.96 bits per heavy atom. The van der Waals surface area contributed by atoms with Crippen LogP contribution in [0.4, 0.5) is 5.69 Å². The van der Waals surface area contributed by atoms with Crippen molar-refractivity contribution in [3.63, 3.8) is 0 Å². The van der Waals surface area contributed by atoms with E-state index in [9.17, 15) is 4.79 Å². The van der Waals surface area contributed by atoms with Crippen molar-refractivity contribution >= 4 is 34.8 Å². The summed E-state index contributed by atoms with van der Waals surface area (Å²) < 4.78 is 0. The van der Waals surface area contributed by atoms with Crippen molar-refractivity contribution in [1.82, 2.24) is 26.1 Å². The zero-order valence-corrected chi connectivity index (χ0v) is 15.2. The summed E-state index contributed by atoms with van der Waals surface area (Å²) >= 11 is 12.6. The number of rotatable bonds is 3. The highest BCUT2D eigenvalue weighted by molar-refractivity contribution is 6.36. The largest absolute Gasteiger partial charge is 0.364 e. The van der Waals surface area contributed by atoms with Gasteiger partial charge in [-0.3, -0.25) is 20.4 Å². The fraction of sp³-hybridized carbons (Fsp3) is 0.267. The van der Waals surface area contributed by atoms with Gasteiger partial charge in [-0.2, -0.15) is 10.4 Å². The Balaban J connectivity index is 1.65. The number of alkyl halides is 1. The van der Waals surface area contributed by atoms with Crippen LogP contribution < -0.4 is 27.1 Å². The van der Waals surface area contributed by atoms with Crippen molar-refractivity contribution in [2.75, 3.05) is 11.8 Å². The van der Waals surface area contributed by atoms with Gasteiger partial charge in [-0.15, -0.1) is 16.8 Å². The molecular formula is C15H15Cl2N7O3. The average Bonchev–Trinajstić information content (AvgIpc) is 2.68. The molecule has 4 rings (SSSR count). The number of halogens is 2. The molecule has 142 valence electrons. The number of nitrogens with one attached hydrogen (secondary N) is 3. The highest BCUT2D eigenvalue weighted by Crippen LogP contribution is 2.36. The Hall–Kier alpha value is -2.05. The van der Waals surface area contributed by atoms with Crippen LogP contribution in [0.1, 0.15) is 10.5 Å². The highest BCUT2D eigenvalue weighted by atomic mass is 35.5. The van der Waals surface area contributed by atoms with Gasteiger partial charge >= 0.3 is 0 Å². The number of primary amides is 1. The molecule has 0 spiro atoms. The maximum atomic E-state index is 11.7. The Morgan fingerprint density at radius 2 is 2.15 bits per heavy atom. The average molecular weight is 412 g/mol. The minimum absolute atomic E-state index is 0.0153. The fourth-order valence-electron chi connectivity index (χ4n) is 2.77. The van der Waals surface area contributed by atoms with Crippen LogP contribution in [0.2, 0.25) is 5.02 Å². The third-order valence-corrected chi connectivity index (χ3v) is 4.67. The molecule has 3 heterocycles. The summed E-state index contributed by atoms with van der Waals surface area (Å²) in [7, 11) is 0. The quantitative estimate of drug-likeness (QED) is 0.421. The van der Waals surface area contributed by atoms with E-state index >= 15 is 0 Å². The second kappa shape index (κ2) is 7.52.